The third-order valence-corrected chi connectivity index (χ3v) is 2.45. The summed E-state index contributed by atoms with van der Waals surface area (Å²) in [5.41, 5.74) is 0.247. The van der Waals surface area contributed by atoms with Crippen molar-refractivity contribution >= 4 is 33.3 Å². The number of phenols is 1. The molecule has 1 unspecified atom stereocenters. The largest absolute Gasteiger partial charge is 0.506 e. The highest BCUT2D eigenvalue weighted by Gasteiger charge is 2.17. The first-order valence-electron chi connectivity index (χ1n) is 3.69. The number of rotatable bonds is 2. The minimum absolute atomic E-state index is 0.0556. The van der Waals surface area contributed by atoms with Crippen LogP contribution in [0, 0.1) is 0 Å². The summed E-state index contributed by atoms with van der Waals surface area (Å²) in [6.45, 7) is 1.57. The van der Waals surface area contributed by atoms with E-state index in [9.17, 15) is 9.90 Å². The number of alkyl halides is 1. The molecule has 4 heteroatoms. The molecule has 0 bridgehead atoms. The van der Waals surface area contributed by atoms with Gasteiger partial charge in [0, 0.05) is 0 Å². The molecule has 1 rings (SSSR count). The molecule has 0 spiro atoms. The van der Waals surface area contributed by atoms with Gasteiger partial charge in [-0.3, -0.25) is 4.79 Å². The van der Waals surface area contributed by atoms with Crippen LogP contribution in [0.5, 0.6) is 5.75 Å². The third kappa shape index (κ3) is 2.23. The molecule has 1 atom stereocenters. The van der Waals surface area contributed by atoms with Crippen LogP contribution in [-0.2, 0) is 0 Å². The van der Waals surface area contributed by atoms with E-state index >= 15 is 0 Å². The molecule has 1 aromatic carbocycles. The average molecular weight is 264 g/mol. The molecule has 70 valence electrons. The van der Waals surface area contributed by atoms with E-state index in [4.69, 9.17) is 11.6 Å². The third-order valence-electron chi connectivity index (χ3n) is 1.61. The van der Waals surface area contributed by atoms with E-state index in [1.807, 2.05) is 0 Å². The van der Waals surface area contributed by atoms with Gasteiger partial charge in [0.1, 0.15) is 5.75 Å². The van der Waals surface area contributed by atoms with Gasteiger partial charge in [-0.25, -0.2) is 0 Å². The van der Waals surface area contributed by atoms with Gasteiger partial charge < -0.3 is 5.11 Å². The summed E-state index contributed by atoms with van der Waals surface area (Å²) in [6.07, 6.45) is 0. The highest BCUT2D eigenvalue weighted by molar-refractivity contribution is 9.10. The summed E-state index contributed by atoms with van der Waals surface area (Å²) in [7, 11) is 0. The van der Waals surface area contributed by atoms with Crippen LogP contribution in [0.4, 0.5) is 0 Å². The van der Waals surface area contributed by atoms with Gasteiger partial charge in [0.25, 0.3) is 0 Å². The van der Waals surface area contributed by atoms with Crippen molar-refractivity contribution in [3.63, 3.8) is 0 Å². The maximum Gasteiger partial charge on any atom is 0.184 e. The molecule has 1 aromatic rings. The summed E-state index contributed by atoms with van der Waals surface area (Å²) >= 11 is 8.73. The summed E-state index contributed by atoms with van der Waals surface area (Å²) in [5.74, 6) is -0.333. The number of aromatic hydroxyl groups is 1. The van der Waals surface area contributed by atoms with E-state index in [1.165, 1.54) is 0 Å². The van der Waals surface area contributed by atoms with E-state index < -0.39 is 5.38 Å². The quantitative estimate of drug-likeness (QED) is 0.658. The van der Waals surface area contributed by atoms with Crippen LogP contribution in [-0.4, -0.2) is 16.3 Å². The first kappa shape index (κ1) is 10.5. The number of hydrogen-bond acceptors (Lipinski definition) is 2. The molecule has 0 aliphatic rings. The van der Waals surface area contributed by atoms with Crippen LogP contribution in [0.3, 0.4) is 0 Å². The Morgan fingerprint density at radius 3 is 2.77 bits per heavy atom. The number of phenolic OH excluding ortho intramolecular Hbond substituents is 1. The van der Waals surface area contributed by atoms with E-state index in [0.717, 1.165) is 0 Å². The molecular formula is C9H8BrClO2. The fourth-order valence-corrected chi connectivity index (χ4v) is 1.41. The van der Waals surface area contributed by atoms with Gasteiger partial charge in [-0.15, -0.1) is 11.6 Å². The molecule has 0 fully saturated rings. The normalized spacial score (nSPS) is 12.5. The van der Waals surface area contributed by atoms with E-state index in [0.29, 0.717) is 4.47 Å². The summed E-state index contributed by atoms with van der Waals surface area (Å²) < 4.78 is 0.496. The fraction of sp³-hybridized carbons (Fsp3) is 0.222. The van der Waals surface area contributed by atoms with Gasteiger partial charge >= 0.3 is 0 Å². The van der Waals surface area contributed by atoms with Crippen molar-refractivity contribution in [2.75, 3.05) is 0 Å². The van der Waals surface area contributed by atoms with Crippen molar-refractivity contribution in [1.82, 2.24) is 0 Å². The van der Waals surface area contributed by atoms with E-state index in [1.54, 1.807) is 25.1 Å². The Bertz CT molecular complexity index is 336. The second kappa shape index (κ2) is 4.11. The lowest BCUT2D eigenvalue weighted by molar-refractivity contribution is 0.0989. The molecule has 1 N–H and O–H groups in total. The number of hydrogen-bond donors (Lipinski definition) is 1. The Balaban J connectivity index is 3.15. The molecule has 0 aromatic heterocycles. The van der Waals surface area contributed by atoms with Crippen LogP contribution >= 0.6 is 27.5 Å². The SMILES string of the molecule is CC(Cl)C(=O)c1cccc(Br)c1O. The number of carbonyl (C=O) groups is 1. The average Bonchev–Trinajstić information content (AvgIpc) is 2.08. The van der Waals surface area contributed by atoms with Gasteiger partial charge in [-0.05, 0) is 35.0 Å². The molecular weight excluding hydrogens is 255 g/mol. The Kier molecular flexibility index (Phi) is 3.33. The second-order valence-corrected chi connectivity index (χ2v) is 4.13. The van der Waals surface area contributed by atoms with Crippen molar-refractivity contribution in [1.29, 1.82) is 0 Å². The zero-order valence-electron chi connectivity index (χ0n) is 6.92. The predicted molar refractivity (Wildman–Crippen MR) is 55.5 cm³/mol. The van der Waals surface area contributed by atoms with Gasteiger partial charge in [-0.1, -0.05) is 6.07 Å². The van der Waals surface area contributed by atoms with Crippen LogP contribution < -0.4 is 0 Å². The molecule has 0 aliphatic heterocycles. The van der Waals surface area contributed by atoms with Crippen LogP contribution in [0.1, 0.15) is 17.3 Å². The Labute approximate surface area is 89.7 Å². The van der Waals surface area contributed by atoms with E-state index in [2.05, 4.69) is 15.9 Å². The van der Waals surface area contributed by atoms with Gasteiger partial charge in [0.05, 0.1) is 15.4 Å². The smallest absolute Gasteiger partial charge is 0.184 e. The monoisotopic (exact) mass is 262 g/mol. The number of halogens is 2. The maximum atomic E-state index is 11.4. The molecule has 13 heavy (non-hydrogen) atoms. The lowest BCUT2D eigenvalue weighted by Gasteiger charge is -2.05. The van der Waals surface area contributed by atoms with Crippen molar-refractivity contribution in [2.24, 2.45) is 0 Å². The standard InChI is InChI=1S/C9H8BrClO2/c1-5(11)8(12)6-3-2-4-7(10)9(6)13/h2-5,13H,1H3. The molecule has 0 aliphatic carbocycles. The maximum absolute atomic E-state index is 11.4. The zero-order valence-corrected chi connectivity index (χ0v) is 9.26. The van der Waals surface area contributed by atoms with Crippen LogP contribution in [0.15, 0.2) is 22.7 Å². The minimum atomic E-state index is -0.625. The number of Topliss-reactive ketones (excluding diaryl/α,β-unsaturated/α-hetero) is 1. The van der Waals surface area contributed by atoms with Gasteiger partial charge in [0.2, 0.25) is 0 Å². The van der Waals surface area contributed by atoms with Crippen molar-refractivity contribution in [3.8, 4) is 5.75 Å². The first-order chi connectivity index (χ1) is 6.04. The molecule has 2 nitrogen and oxygen atoms in total. The molecule has 0 radical (unpaired) electrons. The van der Waals surface area contributed by atoms with Gasteiger partial charge in [-0.2, -0.15) is 0 Å². The minimum Gasteiger partial charge on any atom is -0.506 e. The lowest BCUT2D eigenvalue weighted by atomic mass is 10.1. The number of para-hydroxylation sites is 1. The number of carbonyl (C=O) groups excluding carboxylic acids is 1. The van der Waals surface area contributed by atoms with Gasteiger partial charge in [0.15, 0.2) is 5.78 Å². The van der Waals surface area contributed by atoms with Crippen molar-refractivity contribution < 1.29 is 9.90 Å². The summed E-state index contributed by atoms with van der Waals surface area (Å²) in [6, 6.07) is 4.88. The van der Waals surface area contributed by atoms with Crippen molar-refractivity contribution in [2.45, 2.75) is 12.3 Å². The number of benzene rings is 1. The first-order valence-corrected chi connectivity index (χ1v) is 4.92. The Morgan fingerprint density at radius 1 is 1.62 bits per heavy atom. The predicted octanol–water partition coefficient (Wildman–Crippen LogP) is 2.96. The highest BCUT2D eigenvalue weighted by atomic mass is 79.9. The number of ketones is 1. The van der Waals surface area contributed by atoms with Crippen molar-refractivity contribution in [3.05, 3.63) is 28.2 Å². The Morgan fingerprint density at radius 2 is 2.23 bits per heavy atom. The second-order valence-electron chi connectivity index (χ2n) is 2.62. The summed E-state index contributed by atoms with van der Waals surface area (Å²) in [5, 5.41) is 8.87. The van der Waals surface area contributed by atoms with Crippen LogP contribution in [0.25, 0.3) is 0 Å². The molecule has 0 heterocycles. The summed E-state index contributed by atoms with van der Waals surface area (Å²) in [4.78, 5) is 11.4. The fourth-order valence-electron chi connectivity index (χ4n) is 0.928. The highest BCUT2D eigenvalue weighted by Crippen LogP contribution is 2.28. The topological polar surface area (TPSA) is 37.3 Å². The Hall–Kier alpha value is -0.540. The molecule has 0 amide bonds. The zero-order chi connectivity index (χ0) is 10.0. The van der Waals surface area contributed by atoms with Crippen LogP contribution in [0.2, 0.25) is 0 Å². The molecule has 0 saturated heterocycles. The van der Waals surface area contributed by atoms with E-state index in [-0.39, 0.29) is 17.1 Å². The lowest BCUT2D eigenvalue weighted by Crippen LogP contribution is -2.10. The molecule has 0 saturated carbocycles.